The molecule has 0 saturated heterocycles. The van der Waals surface area contributed by atoms with Crippen molar-refractivity contribution in [1.29, 1.82) is 0 Å². The number of fused-ring (bicyclic) bond motifs is 1. The summed E-state index contributed by atoms with van der Waals surface area (Å²) in [5, 5.41) is -0.0505. The van der Waals surface area contributed by atoms with E-state index in [0.717, 1.165) is 24.5 Å². The lowest BCUT2D eigenvalue weighted by molar-refractivity contribution is -0.142. The van der Waals surface area contributed by atoms with Crippen LogP contribution in [0.4, 0.5) is 22.0 Å². The third-order valence-corrected chi connectivity index (χ3v) is 3.72. The molecule has 2 aromatic heterocycles. The molecule has 0 saturated carbocycles. The first-order chi connectivity index (χ1) is 11.2. The molecule has 0 aliphatic heterocycles. The lowest BCUT2D eigenvalue weighted by Gasteiger charge is -2.14. The molecule has 9 heteroatoms. The number of benzene rings is 1. The molecule has 3 nitrogen and oxygen atoms in total. The van der Waals surface area contributed by atoms with Gasteiger partial charge in [-0.05, 0) is 12.1 Å². The molecule has 2 heterocycles. The quantitative estimate of drug-likeness (QED) is 0.602. The molecule has 0 bridgehead atoms. The summed E-state index contributed by atoms with van der Waals surface area (Å²) in [6.07, 6.45) is -2.71. The van der Waals surface area contributed by atoms with Crippen molar-refractivity contribution in [2.45, 2.75) is 6.18 Å². The van der Waals surface area contributed by atoms with E-state index < -0.39 is 29.1 Å². The van der Waals surface area contributed by atoms with E-state index in [-0.39, 0.29) is 22.0 Å². The van der Waals surface area contributed by atoms with Gasteiger partial charge in [-0.1, -0.05) is 11.6 Å². The molecule has 0 amide bonds. The number of hydrogen-bond acceptors (Lipinski definition) is 2. The Morgan fingerprint density at radius 1 is 1.12 bits per heavy atom. The summed E-state index contributed by atoms with van der Waals surface area (Å²) in [4.78, 5) is 3.73. The van der Waals surface area contributed by atoms with Crippen LogP contribution in [0.3, 0.4) is 0 Å². The average Bonchev–Trinajstić information content (AvgIpc) is 2.95. The second kappa shape index (κ2) is 5.62. The first-order valence-electron chi connectivity index (χ1n) is 6.50. The SMILES string of the molecule is COc1cc(-c2c(F)cc(C(F)(F)F)n3ccnc23)c(F)cc1Cl. The predicted molar refractivity (Wildman–Crippen MR) is 77.1 cm³/mol. The molecule has 126 valence electrons. The molecule has 3 aromatic rings. The van der Waals surface area contributed by atoms with Gasteiger partial charge in [0.25, 0.3) is 0 Å². The van der Waals surface area contributed by atoms with E-state index in [1.165, 1.54) is 7.11 Å². The molecule has 0 atom stereocenters. The molecule has 3 rings (SSSR count). The molecule has 0 unspecified atom stereocenters. The van der Waals surface area contributed by atoms with Crippen molar-refractivity contribution in [2.75, 3.05) is 7.11 Å². The van der Waals surface area contributed by atoms with Crippen LogP contribution >= 0.6 is 11.6 Å². The van der Waals surface area contributed by atoms with Crippen molar-refractivity contribution < 1.29 is 26.7 Å². The topological polar surface area (TPSA) is 26.5 Å². The van der Waals surface area contributed by atoms with E-state index in [2.05, 4.69) is 4.98 Å². The molecule has 0 radical (unpaired) electrons. The Balaban J connectivity index is 2.37. The predicted octanol–water partition coefficient (Wildman–Crippen LogP) is 4.96. The fourth-order valence-corrected chi connectivity index (χ4v) is 2.62. The van der Waals surface area contributed by atoms with Crippen LogP contribution in [-0.2, 0) is 6.18 Å². The number of methoxy groups -OCH3 is 1. The fraction of sp³-hybridized carbons (Fsp3) is 0.133. The third-order valence-electron chi connectivity index (χ3n) is 3.43. The van der Waals surface area contributed by atoms with Gasteiger partial charge in [0.2, 0.25) is 0 Å². The number of ether oxygens (including phenoxy) is 1. The van der Waals surface area contributed by atoms with Gasteiger partial charge in [0.15, 0.2) is 0 Å². The van der Waals surface area contributed by atoms with Crippen molar-refractivity contribution in [3.8, 4) is 16.9 Å². The Kier molecular flexibility index (Phi) is 3.87. The number of imidazole rings is 1. The molecule has 0 aliphatic carbocycles. The molecule has 1 aromatic carbocycles. The highest BCUT2D eigenvalue weighted by atomic mass is 35.5. The van der Waals surface area contributed by atoms with Crippen molar-refractivity contribution in [3.63, 3.8) is 0 Å². The number of alkyl halides is 3. The summed E-state index contributed by atoms with van der Waals surface area (Å²) in [5.41, 5.74) is -2.35. The van der Waals surface area contributed by atoms with Crippen LogP contribution in [-0.4, -0.2) is 16.5 Å². The number of rotatable bonds is 2. The Morgan fingerprint density at radius 2 is 1.83 bits per heavy atom. The molecule has 0 spiro atoms. The van der Waals surface area contributed by atoms with Gasteiger partial charge in [-0.15, -0.1) is 0 Å². The van der Waals surface area contributed by atoms with E-state index in [4.69, 9.17) is 16.3 Å². The summed E-state index contributed by atoms with van der Waals surface area (Å²) >= 11 is 5.78. The number of pyridine rings is 1. The fourth-order valence-electron chi connectivity index (χ4n) is 2.40. The number of nitrogens with zero attached hydrogens (tertiary/aromatic N) is 2. The van der Waals surface area contributed by atoms with Gasteiger partial charge >= 0.3 is 6.18 Å². The molecule has 24 heavy (non-hydrogen) atoms. The van der Waals surface area contributed by atoms with Crippen molar-refractivity contribution in [1.82, 2.24) is 9.38 Å². The van der Waals surface area contributed by atoms with Gasteiger partial charge in [0, 0.05) is 24.0 Å². The van der Waals surface area contributed by atoms with Crippen LogP contribution in [0.2, 0.25) is 5.02 Å². The summed E-state index contributed by atoms with van der Waals surface area (Å²) in [5.74, 6) is -2.12. The largest absolute Gasteiger partial charge is 0.495 e. The van der Waals surface area contributed by atoms with Crippen LogP contribution in [0.15, 0.2) is 30.6 Å². The van der Waals surface area contributed by atoms with E-state index in [1.807, 2.05) is 0 Å². The lowest BCUT2D eigenvalue weighted by Crippen LogP contribution is -2.13. The van der Waals surface area contributed by atoms with E-state index in [9.17, 15) is 22.0 Å². The molecular weight excluding hydrogens is 355 g/mol. The summed E-state index contributed by atoms with van der Waals surface area (Å²) in [6.45, 7) is 0. The standard InChI is InChI=1S/C15H8ClF5N2O/c1-24-11-4-7(9(17)5-8(11)16)13-10(18)6-12(15(19,20)21)23-3-2-22-14(13)23/h2-6H,1H3. The van der Waals surface area contributed by atoms with Gasteiger partial charge in [0.05, 0.1) is 17.7 Å². The van der Waals surface area contributed by atoms with Crippen LogP contribution in [0.1, 0.15) is 5.69 Å². The zero-order valence-electron chi connectivity index (χ0n) is 12.0. The lowest BCUT2D eigenvalue weighted by atomic mass is 10.0. The van der Waals surface area contributed by atoms with Gasteiger partial charge in [-0.25, -0.2) is 13.8 Å². The number of hydrogen-bond donors (Lipinski definition) is 0. The van der Waals surface area contributed by atoms with Crippen molar-refractivity contribution in [3.05, 3.63) is 52.9 Å². The summed E-state index contributed by atoms with van der Waals surface area (Å²) in [7, 11) is 1.27. The maximum atomic E-state index is 14.4. The van der Waals surface area contributed by atoms with E-state index in [1.54, 1.807) is 0 Å². The van der Waals surface area contributed by atoms with Crippen LogP contribution in [0, 0.1) is 11.6 Å². The Hall–Kier alpha value is -2.35. The van der Waals surface area contributed by atoms with Gasteiger partial charge in [0.1, 0.15) is 28.7 Å². The highest BCUT2D eigenvalue weighted by Gasteiger charge is 2.35. The highest BCUT2D eigenvalue weighted by Crippen LogP contribution is 2.38. The summed E-state index contributed by atoms with van der Waals surface area (Å²) in [6, 6.07) is 2.30. The minimum absolute atomic E-state index is 0.0505. The summed E-state index contributed by atoms with van der Waals surface area (Å²) < 4.78 is 73.3. The zero-order valence-corrected chi connectivity index (χ0v) is 12.7. The molecule has 0 N–H and O–H groups in total. The third kappa shape index (κ3) is 2.56. The number of halogens is 6. The smallest absolute Gasteiger partial charge is 0.431 e. The van der Waals surface area contributed by atoms with Crippen LogP contribution in [0.25, 0.3) is 16.8 Å². The van der Waals surface area contributed by atoms with Gasteiger partial charge in [-0.2, -0.15) is 13.2 Å². The minimum Gasteiger partial charge on any atom is -0.495 e. The first-order valence-corrected chi connectivity index (χ1v) is 6.88. The Morgan fingerprint density at radius 3 is 2.46 bits per heavy atom. The van der Waals surface area contributed by atoms with Crippen molar-refractivity contribution in [2.24, 2.45) is 0 Å². The molecular formula is C15H8ClF5N2O. The van der Waals surface area contributed by atoms with Crippen LogP contribution in [0.5, 0.6) is 5.75 Å². The van der Waals surface area contributed by atoms with E-state index in [0.29, 0.717) is 10.5 Å². The Bertz CT molecular complexity index is 936. The zero-order chi connectivity index (χ0) is 17.6. The Labute approximate surface area is 137 Å². The monoisotopic (exact) mass is 362 g/mol. The molecule has 0 fully saturated rings. The minimum atomic E-state index is -4.80. The average molecular weight is 363 g/mol. The number of aromatic nitrogens is 2. The molecule has 0 aliphatic rings. The van der Waals surface area contributed by atoms with E-state index >= 15 is 0 Å². The highest BCUT2D eigenvalue weighted by molar-refractivity contribution is 6.32. The first kappa shape index (κ1) is 16.5. The normalized spacial score (nSPS) is 12.0. The van der Waals surface area contributed by atoms with Crippen molar-refractivity contribution >= 4 is 17.2 Å². The van der Waals surface area contributed by atoms with Gasteiger partial charge in [-0.3, -0.25) is 4.40 Å². The van der Waals surface area contributed by atoms with Gasteiger partial charge < -0.3 is 4.74 Å². The maximum absolute atomic E-state index is 14.4. The maximum Gasteiger partial charge on any atom is 0.431 e. The second-order valence-electron chi connectivity index (χ2n) is 4.84. The second-order valence-corrected chi connectivity index (χ2v) is 5.24. The van der Waals surface area contributed by atoms with Crippen LogP contribution < -0.4 is 4.74 Å².